The van der Waals surface area contributed by atoms with E-state index in [9.17, 15) is 0 Å². The van der Waals surface area contributed by atoms with Gasteiger partial charge in [0, 0.05) is 25.7 Å². The number of hydrogen-bond donors (Lipinski definition) is 0. The molecule has 14 heavy (non-hydrogen) atoms. The highest BCUT2D eigenvalue weighted by Gasteiger charge is 1.99. The molecule has 78 valence electrons. The third kappa shape index (κ3) is 3.92. The first-order valence-corrected chi connectivity index (χ1v) is 5.41. The van der Waals surface area contributed by atoms with Crippen LogP contribution in [0.2, 0.25) is 0 Å². The molecule has 0 aliphatic carbocycles. The van der Waals surface area contributed by atoms with E-state index in [1.807, 2.05) is 13.1 Å². The third-order valence-corrected chi connectivity index (χ3v) is 2.35. The van der Waals surface area contributed by atoms with Gasteiger partial charge in [0.05, 0.1) is 0 Å². The first-order chi connectivity index (χ1) is 6.84. The fourth-order valence-electron chi connectivity index (χ4n) is 1.24. The summed E-state index contributed by atoms with van der Waals surface area (Å²) in [5.74, 6) is 1.74. The zero-order valence-corrected chi connectivity index (χ0v) is 9.24. The minimum atomic E-state index is 0.761. The lowest BCUT2D eigenvalue weighted by molar-refractivity contribution is 0.703. The molecule has 3 nitrogen and oxygen atoms in total. The van der Waals surface area contributed by atoms with E-state index in [1.54, 1.807) is 12.5 Å². The van der Waals surface area contributed by atoms with E-state index >= 15 is 0 Å². The monoisotopic (exact) mass is 213 g/mol. The number of halogens is 1. The minimum absolute atomic E-state index is 0.761. The number of hydrogen-bond acceptors (Lipinski definition) is 3. The molecule has 0 amide bonds. The quantitative estimate of drug-likeness (QED) is 0.537. The molecule has 1 aromatic heterocycles. The van der Waals surface area contributed by atoms with Crippen molar-refractivity contribution in [3.8, 4) is 0 Å². The smallest absolute Gasteiger partial charge is 0.131 e. The first kappa shape index (κ1) is 11.2. The molecular formula is C10H16ClN3. The van der Waals surface area contributed by atoms with Crippen LogP contribution in [0.1, 0.15) is 19.3 Å². The summed E-state index contributed by atoms with van der Waals surface area (Å²) in [6, 6.07) is 1.92. The van der Waals surface area contributed by atoms with Gasteiger partial charge < -0.3 is 4.90 Å². The van der Waals surface area contributed by atoms with Gasteiger partial charge in [0.1, 0.15) is 12.1 Å². The van der Waals surface area contributed by atoms with E-state index < -0.39 is 0 Å². The molecule has 0 unspecified atom stereocenters. The molecule has 0 radical (unpaired) electrons. The second kappa shape index (κ2) is 6.60. The van der Waals surface area contributed by atoms with Crippen molar-refractivity contribution in [1.29, 1.82) is 0 Å². The van der Waals surface area contributed by atoms with Crippen LogP contribution in [0.25, 0.3) is 0 Å². The Labute approximate surface area is 90.1 Å². The Morgan fingerprint density at radius 1 is 1.36 bits per heavy atom. The topological polar surface area (TPSA) is 29.0 Å². The van der Waals surface area contributed by atoms with Gasteiger partial charge in [0.25, 0.3) is 0 Å². The SMILES string of the molecule is CN(CCCCCCl)c1ccncn1. The van der Waals surface area contributed by atoms with Crippen LogP contribution in [-0.2, 0) is 0 Å². The maximum atomic E-state index is 5.60. The van der Waals surface area contributed by atoms with Crippen molar-refractivity contribution < 1.29 is 0 Å². The van der Waals surface area contributed by atoms with Crippen LogP contribution in [0.15, 0.2) is 18.6 Å². The highest BCUT2D eigenvalue weighted by molar-refractivity contribution is 6.17. The lowest BCUT2D eigenvalue weighted by Crippen LogP contribution is -2.19. The Morgan fingerprint density at radius 2 is 2.21 bits per heavy atom. The highest BCUT2D eigenvalue weighted by Crippen LogP contribution is 2.07. The van der Waals surface area contributed by atoms with Crippen LogP contribution in [0.5, 0.6) is 0 Å². The molecule has 0 atom stereocenters. The van der Waals surface area contributed by atoms with Gasteiger partial charge in [0.2, 0.25) is 0 Å². The average molecular weight is 214 g/mol. The van der Waals surface area contributed by atoms with Crippen LogP contribution >= 0.6 is 11.6 Å². The van der Waals surface area contributed by atoms with Gasteiger partial charge in [-0.3, -0.25) is 0 Å². The molecule has 0 aromatic carbocycles. The molecule has 0 aliphatic heterocycles. The molecule has 1 heterocycles. The molecule has 1 aromatic rings. The molecule has 4 heteroatoms. The van der Waals surface area contributed by atoms with Gasteiger partial charge in [-0.15, -0.1) is 11.6 Å². The van der Waals surface area contributed by atoms with E-state index in [1.165, 1.54) is 6.42 Å². The normalized spacial score (nSPS) is 10.1. The second-order valence-corrected chi connectivity index (χ2v) is 3.62. The maximum absolute atomic E-state index is 5.60. The third-order valence-electron chi connectivity index (χ3n) is 2.08. The van der Waals surface area contributed by atoms with Crippen molar-refractivity contribution in [2.75, 3.05) is 24.4 Å². The summed E-state index contributed by atoms with van der Waals surface area (Å²) in [6.07, 6.45) is 6.77. The molecule has 0 fully saturated rings. The number of aromatic nitrogens is 2. The molecule has 1 rings (SSSR count). The van der Waals surface area contributed by atoms with Gasteiger partial charge in [-0.2, -0.15) is 0 Å². The highest BCUT2D eigenvalue weighted by atomic mass is 35.5. The number of rotatable bonds is 6. The minimum Gasteiger partial charge on any atom is -0.360 e. The summed E-state index contributed by atoms with van der Waals surface area (Å²) < 4.78 is 0. The summed E-state index contributed by atoms with van der Waals surface area (Å²) in [4.78, 5) is 10.2. The van der Waals surface area contributed by atoms with Gasteiger partial charge >= 0.3 is 0 Å². The van der Waals surface area contributed by atoms with Crippen molar-refractivity contribution in [2.45, 2.75) is 19.3 Å². The van der Waals surface area contributed by atoms with Crippen LogP contribution in [0.3, 0.4) is 0 Å². The van der Waals surface area contributed by atoms with Gasteiger partial charge in [-0.05, 0) is 18.9 Å². The predicted octanol–water partition coefficient (Wildman–Crippen LogP) is 2.32. The number of anilines is 1. The molecular weight excluding hydrogens is 198 g/mol. The predicted molar refractivity (Wildman–Crippen MR) is 59.9 cm³/mol. The van der Waals surface area contributed by atoms with E-state index in [0.29, 0.717) is 0 Å². The van der Waals surface area contributed by atoms with Crippen LogP contribution in [-0.4, -0.2) is 29.4 Å². The number of alkyl halides is 1. The Kier molecular flexibility index (Phi) is 5.30. The van der Waals surface area contributed by atoms with Crippen molar-refractivity contribution in [3.05, 3.63) is 18.6 Å². The van der Waals surface area contributed by atoms with E-state index in [2.05, 4.69) is 14.9 Å². The van der Waals surface area contributed by atoms with Gasteiger partial charge in [-0.25, -0.2) is 9.97 Å². The van der Waals surface area contributed by atoms with E-state index in [0.717, 1.165) is 31.1 Å². The Hall–Kier alpha value is -0.830. The van der Waals surface area contributed by atoms with Crippen LogP contribution < -0.4 is 4.90 Å². The number of unbranched alkanes of at least 4 members (excludes halogenated alkanes) is 2. The summed E-state index contributed by atoms with van der Waals surface area (Å²) in [5.41, 5.74) is 0. The average Bonchev–Trinajstić information content (AvgIpc) is 2.25. The number of nitrogens with zero attached hydrogens (tertiary/aromatic N) is 3. The van der Waals surface area contributed by atoms with Crippen molar-refractivity contribution >= 4 is 17.4 Å². The zero-order chi connectivity index (χ0) is 10.2. The molecule has 0 bridgehead atoms. The van der Waals surface area contributed by atoms with Gasteiger partial charge in [0.15, 0.2) is 0 Å². The first-order valence-electron chi connectivity index (χ1n) is 4.87. The largest absolute Gasteiger partial charge is 0.360 e. The van der Waals surface area contributed by atoms with Gasteiger partial charge in [-0.1, -0.05) is 6.42 Å². The Balaban J connectivity index is 2.25. The molecule has 0 spiro atoms. The van der Waals surface area contributed by atoms with Crippen molar-refractivity contribution in [3.63, 3.8) is 0 Å². The molecule has 0 N–H and O–H groups in total. The molecule has 0 saturated carbocycles. The summed E-state index contributed by atoms with van der Waals surface area (Å²) in [6.45, 7) is 1.02. The fourth-order valence-corrected chi connectivity index (χ4v) is 1.43. The maximum Gasteiger partial charge on any atom is 0.131 e. The Bertz CT molecular complexity index is 240. The van der Waals surface area contributed by atoms with E-state index in [4.69, 9.17) is 11.6 Å². The van der Waals surface area contributed by atoms with Crippen molar-refractivity contribution in [2.24, 2.45) is 0 Å². The standard InChI is InChI=1S/C10H16ClN3/c1-14(8-4-2-3-6-11)10-5-7-12-9-13-10/h5,7,9H,2-4,6,8H2,1H3. The Morgan fingerprint density at radius 3 is 2.86 bits per heavy atom. The fraction of sp³-hybridized carbons (Fsp3) is 0.600. The van der Waals surface area contributed by atoms with Crippen LogP contribution in [0, 0.1) is 0 Å². The van der Waals surface area contributed by atoms with Crippen LogP contribution in [0.4, 0.5) is 5.82 Å². The lowest BCUT2D eigenvalue weighted by atomic mass is 10.2. The zero-order valence-electron chi connectivity index (χ0n) is 8.49. The molecule has 0 aliphatic rings. The summed E-state index contributed by atoms with van der Waals surface area (Å²) >= 11 is 5.60. The van der Waals surface area contributed by atoms with E-state index in [-0.39, 0.29) is 0 Å². The summed E-state index contributed by atoms with van der Waals surface area (Å²) in [5, 5.41) is 0. The lowest BCUT2D eigenvalue weighted by Gasteiger charge is -2.17. The van der Waals surface area contributed by atoms with Crippen molar-refractivity contribution in [1.82, 2.24) is 9.97 Å². The second-order valence-electron chi connectivity index (χ2n) is 3.24. The molecule has 0 saturated heterocycles. The summed E-state index contributed by atoms with van der Waals surface area (Å²) in [7, 11) is 2.04.